The van der Waals surface area contributed by atoms with Gasteiger partial charge < -0.3 is 14.4 Å². The summed E-state index contributed by atoms with van der Waals surface area (Å²) in [7, 11) is 7.01. The Morgan fingerprint density at radius 1 is 0.879 bits per heavy atom. The highest BCUT2D eigenvalue weighted by atomic mass is 16.5. The van der Waals surface area contributed by atoms with E-state index in [0.29, 0.717) is 22.9 Å². The number of benzene rings is 3. The van der Waals surface area contributed by atoms with E-state index in [4.69, 9.17) is 9.47 Å². The normalized spacial score (nSPS) is 16.1. The third-order valence-electron chi connectivity index (χ3n) is 5.76. The molecule has 33 heavy (non-hydrogen) atoms. The number of methoxy groups -OCH3 is 2. The lowest BCUT2D eigenvalue weighted by Gasteiger charge is -2.40. The Morgan fingerprint density at radius 3 is 2.18 bits per heavy atom. The first-order valence-corrected chi connectivity index (χ1v) is 10.6. The van der Waals surface area contributed by atoms with Crippen LogP contribution in [0.3, 0.4) is 0 Å². The van der Waals surface area contributed by atoms with Crippen molar-refractivity contribution in [2.45, 2.75) is 6.04 Å². The zero-order valence-electron chi connectivity index (χ0n) is 19.2. The fourth-order valence-corrected chi connectivity index (χ4v) is 4.03. The molecule has 0 radical (unpaired) electrons. The molecular weight excluding hydrogens is 418 g/mol. The summed E-state index contributed by atoms with van der Waals surface area (Å²) in [4.78, 5) is 32.5. The minimum Gasteiger partial charge on any atom is -0.497 e. The van der Waals surface area contributed by atoms with E-state index in [9.17, 15) is 9.59 Å². The van der Waals surface area contributed by atoms with Crippen molar-refractivity contribution in [1.29, 1.82) is 0 Å². The van der Waals surface area contributed by atoms with Crippen molar-refractivity contribution in [3.05, 3.63) is 78.4 Å². The SMILES string of the molecule is COc1ccc(N2CC(=O)N(c3ccccc3)[C@H](c3ccc(N(C)C)cc3)C2=O)c(OC)c1. The predicted octanol–water partition coefficient (Wildman–Crippen LogP) is 3.89. The van der Waals surface area contributed by atoms with E-state index in [1.165, 1.54) is 12.0 Å². The number of para-hydroxylation sites is 1. The van der Waals surface area contributed by atoms with Crippen LogP contribution in [0.2, 0.25) is 0 Å². The maximum atomic E-state index is 13.9. The van der Waals surface area contributed by atoms with Crippen LogP contribution in [-0.4, -0.2) is 46.7 Å². The van der Waals surface area contributed by atoms with Gasteiger partial charge in [0.25, 0.3) is 5.91 Å². The third-order valence-corrected chi connectivity index (χ3v) is 5.76. The summed E-state index contributed by atoms with van der Waals surface area (Å²) < 4.78 is 10.8. The Labute approximate surface area is 193 Å². The van der Waals surface area contributed by atoms with E-state index in [1.807, 2.05) is 73.6 Å². The van der Waals surface area contributed by atoms with Gasteiger partial charge in [-0.25, -0.2) is 0 Å². The fraction of sp³-hybridized carbons (Fsp3) is 0.231. The summed E-state index contributed by atoms with van der Waals surface area (Å²) in [6, 6.07) is 21.4. The molecule has 3 aromatic rings. The van der Waals surface area contributed by atoms with Crippen LogP contribution in [0.15, 0.2) is 72.8 Å². The monoisotopic (exact) mass is 445 g/mol. The van der Waals surface area contributed by atoms with Crippen LogP contribution in [0.25, 0.3) is 0 Å². The Hall–Kier alpha value is -4.00. The summed E-state index contributed by atoms with van der Waals surface area (Å²) in [6.45, 7) is -0.0945. The molecule has 2 amide bonds. The van der Waals surface area contributed by atoms with Crippen molar-refractivity contribution in [2.75, 3.05) is 49.6 Å². The van der Waals surface area contributed by atoms with Crippen LogP contribution in [-0.2, 0) is 9.59 Å². The van der Waals surface area contributed by atoms with Crippen molar-refractivity contribution < 1.29 is 19.1 Å². The Morgan fingerprint density at radius 2 is 1.58 bits per heavy atom. The minimum atomic E-state index is -0.809. The average molecular weight is 446 g/mol. The number of rotatable bonds is 6. The Bertz CT molecular complexity index is 1150. The van der Waals surface area contributed by atoms with Gasteiger partial charge in [0.1, 0.15) is 24.1 Å². The molecule has 7 heteroatoms. The maximum absolute atomic E-state index is 13.9. The highest BCUT2D eigenvalue weighted by Gasteiger charge is 2.42. The summed E-state index contributed by atoms with van der Waals surface area (Å²) in [5.41, 5.74) is 2.95. The van der Waals surface area contributed by atoms with Crippen LogP contribution in [0.1, 0.15) is 11.6 Å². The molecule has 1 fully saturated rings. The quantitative estimate of drug-likeness (QED) is 0.576. The molecule has 1 aliphatic heterocycles. The zero-order valence-corrected chi connectivity index (χ0v) is 19.2. The molecule has 0 unspecified atom stereocenters. The van der Waals surface area contributed by atoms with E-state index >= 15 is 0 Å². The molecule has 0 saturated carbocycles. The van der Waals surface area contributed by atoms with Crippen molar-refractivity contribution in [1.82, 2.24) is 0 Å². The van der Waals surface area contributed by atoms with Gasteiger partial charge in [0.2, 0.25) is 5.91 Å². The summed E-state index contributed by atoms with van der Waals surface area (Å²) in [5, 5.41) is 0. The molecule has 7 nitrogen and oxygen atoms in total. The van der Waals surface area contributed by atoms with Gasteiger partial charge in [0.05, 0.1) is 19.9 Å². The van der Waals surface area contributed by atoms with E-state index in [2.05, 4.69) is 0 Å². The second-order valence-corrected chi connectivity index (χ2v) is 7.95. The number of ether oxygens (including phenoxy) is 2. The number of hydrogen-bond donors (Lipinski definition) is 0. The molecule has 3 aromatic carbocycles. The summed E-state index contributed by atoms with van der Waals surface area (Å²) >= 11 is 0. The highest BCUT2D eigenvalue weighted by molar-refractivity contribution is 6.15. The molecule has 0 N–H and O–H groups in total. The first kappa shape index (κ1) is 22.2. The van der Waals surface area contributed by atoms with Crippen LogP contribution in [0.4, 0.5) is 17.1 Å². The smallest absolute Gasteiger partial charge is 0.255 e. The lowest BCUT2D eigenvalue weighted by Crippen LogP contribution is -2.56. The molecule has 170 valence electrons. The van der Waals surface area contributed by atoms with Gasteiger partial charge in [-0.2, -0.15) is 0 Å². The molecule has 1 saturated heterocycles. The number of anilines is 3. The van der Waals surface area contributed by atoms with Gasteiger partial charge in [-0.1, -0.05) is 30.3 Å². The standard InChI is InChI=1S/C26H27N3O4/c1-27(2)19-12-10-18(11-13-19)25-26(31)28(22-15-14-21(32-3)16-23(22)33-4)17-24(30)29(25)20-8-6-5-7-9-20/h5-16,25H,17H2,1-4H3/t25-/m1/s1. The van der Waals surface area contributed by atoms with Crippen LogP contribution < -0.4 is 24.2 Å². The second-order valence-electron chi connectivity index (χ2n) is 7.95. The number of amides is 2. The first-order valence-electron chi connectivity index (χ1n) is 10.6. The van der Waals surface area contributed by atoms with Crippen molar-refractivity contribution in [3.63, 3.8) is 0 Å². The van der Waals surface area contributed by atoms with Crippen molar-refractivity contribution >= 4 is 28.9 Å². The van der Waals surface area contributed by atoms with Gasteiger partial charge >= 0.3 is 0 Å². The van der Waals surface area contributed by atoms with E-state index < -0.39 is 6.04 Å². The summed E-state index contributed by atoms with van der Waals surface area (Å²) in [6.07, 6.45) is 0. The van der Waals surface area contributed by atoms with Gasteiger partial charge in [-0.3, -0.25) is 19.4 Å². The lowest BCUT2D eigenvalue weighted by atomic mass is 9.99. The van der Waals surface area contributed by atoms with Crippen LogP contribution in [0, 0.1) is 0 Å². The van der Waals surface area contributed by atoms with Gasteiger partial charge in [0, 0.05) is 31.5 Å². The molecule has 0 aromatic heterocycles. The van der Waals surface area contributed by atoms with E-state index in [1.54, 1.807) is 30.2 Å². The van der Waals surface area contributed by atoms with Gasteiger partial charge in [-0.05, 0) is 42.0 Å². The molecular formula is C26H27N3O4. The fourth-order valence-electron chi connectivity index (χ4n) is 4.03. The number of piperazine rings is 1. The Kier molecular flexibility index (Phi) is 6.22. The predicted molar refractivity (Wildman–Crippen MR) is 129 cm³/mol. The van der Waals surface area contributed by atoms with Crippen LogP contribution in [0.5, 0.6) is 11.5 Å². The number of hydrogen-bond acceptors (Lipinski definition) is 5. The highest BCUT2D eigenvalue weighted by Crippen LogP contribution is 2.39. The maximum Gasteiger partial charge on any atom is 0.255 e. The Balaban J connectivity index is 1.81. The van der Waals surface area contributed by atoms with Gasteiger partial charge in [-0.15, -0.1) is 0 Å². The largest absolute Gasteiger partial charge is 0.497 e. The van der Waals surface area contributed by atoms with Crippen molar-refractivity contribution in [3.8, 4) is 11.5 Å². The number of nitrogens with zero attached hydrogens (tertiary/aromatic N) is 3. The average Bonchev–Trinajstić information content (AvgIpc) is 2.85. The number of carbonyl (C=O) groups is 2. The van der Waals surface area contributed by atoms with Crippen molar-refractivity contribution in [2.24, 2.45) is 0 Å². The topological polar surface area (TPSA) is 62.3 Å². The molecule has 1 atom stereocenters. The second kappa shape index (κ2) is 9.24. The molecule has 0 aliphatic carbocycles. The van der Waals surface area contributed by atoms with Crippen LogP contribution >= 0.6 is 0 Å². The molecule has 0 bridgehead atoms. The number of carbonyl (C=O) groups excluding carboxylic acids is 2. The zero-order chi connectivity index (χ0) is 23.5. The third kappa shape index (κ3) is 4.22. The molecule has 1 heterocycles. The van der Waals surface area contributed by atoms with E-state index in [-0.39, 0.29) is 18.4 Å². The lowest BCUT2D eigenvalue weighted by molar-refractivity contribution is -0.128. The van der Waals surface area contributed by atoms with Gasteiger partial charge in [0.15, 0.2) is 0 Å². The minimum absolute atomic E-state index is 0.0945. The van der Waals surface area contributed by atoms with E-state index in [0.717, 1.165) is 11.3 Å². The molecule has 4 rings (SSSR count). The molecule has 0 spiro atoms. The first-order chi connectivity index (χ1) is 15.9. The summed E-state index contributed by atoms with van der Waals surface area (Å²) in [5.74, 6) is 0.679. The molecule has 1 aliphatic rings.